The lowest BCUT2D eigenvalue weighted by Crippen LogP contribution is -2.43. The molecule has 2 atom stereocenters. The molecule has 1 saturated carbocycles. The maximum Gasteiger partial charge on any atom is 0.269 e. The minimum Gasteiger partial charge on any atom is -0.388 e. The first-order chi connectivity index (χ1) is 18.4. The number of nitrogens with one attached hydrogen (secondary N) is 1. The molecule has 0 amide bonds. The summed E-state index contributed by atoms with van der Waals surface area (Å²) in [5, 5.41) is 14.4. The van der Waals surface area contributed by atoms with E-state index in [4.69, 9.17) is 0 Å². The van der Waals surface area contributed by atoms with Crippen molar-refractivity contribution < 1.29 is 22.3 Å². The van der Waals surface area contributed by atoms with Crippen LogP contribution in [0.4, 0.5) is 14.7 Å². The van der Waals surface area contributed by atoms with E-state index >= 15 is 0 Å². The van der Waals surface area contributed by atoms with Gasteiger partial charge in [0.15, 0.2) is 0 Å². The van der Waals surface area contributed by atoms with Gasteiger partial charge in [-0.3, -0.25) is 9.36 Å². The highest BCUT2D eigenvalue weighted by Gasteiger charge is 2.40. The fraction of sp³-hybridized carbons (Fsp3) is 0.654. The lowest BCUT2D eigenvalue weighted by molar-refractivity contribution is 0.0261. The number of pyridine rings is 1. The van der Waals surface area contributed by atoms with E-state index < -0.39 is 39.2 Å². The summed E-state index contributed by atoms with van der Waals surface area (Å²) in [6.07, 6.45) is 3.88. The third-order valence-electron chi connectivity index (χ3n) is 8.28. The lowest BCUT2D eigenvalue weighted by Gasteiger charge is -2.31. The van der Waals surface area contributed by atoms with Crippen molar-refractivity contribution >= 4 is 27.0 Å². The van der Waals surface area contributed by atoms with Gasteiger partial charge in [-0.2, -0.15) is 4.98 Å². The van der Waals surface area contributed by atoms with Crippen molar-refractivity contribution in [1.29, 1.82) is 0 Å². The summed E-state index contributed by atoms with van der Waals surface area (Å²) >= 11 is 0. The molecule has 2 aromatic rings. The Kier molecular flexibility index (Phi) is 7.79. The summed E-state index contributed by atoms with van der Waals surface area (Å²) in [5.74, 6) is 0.236. The normalized spacial score (nSPS) is 26.8. The van der Waals surface area contributed by atoms with Gasteiger partial charge < -0.3 is 15.3 Å². The number of aromatic nitrogens is 3. The molecule has 0 spiro atoms. The largest absolute Gasteiger partial charge is 0.388 e. The number of likely N-dealkylation sites (N-methyl/N-ethyl adjacent to an activating group) is 1. The predicted molar refractivity (Wildman–Crippen MR) is 144 cm³/mol. The Balaban J connectivity index is 1.32. The average Bonchev–Trinajstić information content (AvgIpc) is 3.46. The summed E-state index contributed by atoms with van der Waals surface area (Å²) in [7, 11) is -1.38. The first kappa shape index (κ1) is 28.1. The smallest absolute Gasteiger partial charge is 0.269 e. The SMILES string of the molecule is CN1CC/C(=C/CS(=O)(=O)N2CCC(Nc3ncc4cc(C(F)F)c(=O)n([C@@H]5CCC[C@@]5(C)O)c4n3)CC2)C1. The highest BCUT2D eigenvalue weighted by Crippen LogP contribution is 2.40. The van der Waals surface area contributed by atoms with Crippen LogP contribution in [-0.2, 0) is 10.0 Å². The van der Waals surface area contributed by atoms with E-state index in [-0.39, 0.29) is 23.4 Å². The summed E-state index contributed by atoms with van der Waals surface area (Å²) in [6, 6.07) is 0.349. The molecule has 39 heavy (non-hydrogen) atoms. The minimum atomic E-state index is -3.40. The number of rotatable bonds is 7. The van der Waals surface area contributed by atoms with Crippen LogP contribution in [0.2, 0.25) is 0 Å². The van der Waals surface area contributed by atoms with Crippen LogP contribution < -0.4 is 10.9 Å². The number of anilines is 1. The van der Waals surface area contributed by atoms with Gasteiger partial charge in [0.25, 0.3) is 12.0 Å². The molecule has 0 radical (unpaired) electrons. The topological polar surface area (TPSA) is 121 Å². The van der Waals surface area contributed by atoms with E-state index in [0.717, 1.165) is 31.1 Å². The average molecular weight is 567 g/mol. The molecule has 0 unspecified atom stereocenters. The van der Waals surface area contributed by atoms with Crippen molar-refractivity contribution in [2.24, 2.45) is 0 Å². The molecule has 3 fully saturated rings. The molecule has 214 valence electrons. The second-order valence-corrected chi connectivity index (χ2v) is 13.3. The lowest BCUT2D eigenvalue weighted by atomic mass is 9.99. The van der Waals surface area contributed by atoms with E-state index in [0.29, 0.717) is 50.6 Å². The van der Waals surface area contributed by atoms with Gasteiger partial charge in [-0.1, -0.05) is 11.6 Å². The molecule has 0 aromatic carbocycles. The Bertz CT molecular complexity index is 1420. The van der Waals surface area contributed by atoms with E-state index in [2.05, 4.69) is 20.2 Å². The van der Waals surface area contributed by atoms with E-state index in [1.165, 1.54) is 15.1 Å². The van der Waals surface area contributed by atoms with Crippen LogP contribution >= 0.6 is 0 Å². The van der Waals surface area contributed by atoms with Gasteiger partial charge in [0.05, 0.1) is 23.0 Å². The van der Waals surface area contributed by atoms with Crippen LogP contribution in [0.3, 0.4) is 0 Å². The Labute approximate surface area is 226 Å². The zero-order valence-electron chi connectivity index (χ0n) is 22.3. The number of likely N-dealkylation sites (tertiary alicyclic amines) is 1. The standard InChI is InChI=1S/C26H36F2N6O4S/c1-26(36)9-3-4-21(26)34-23-18(14-20(22(27)28)24(34)35)15-29-25(31-23)30-19-6-11-33(12-7-19)39(37,38)13-8-17-5-10-32(2)16-17/h8,14-15,19,21-22,36H,3-7,9-13,16H2,1-2H3,(H,29,30,31)/b17-8-/t21-,26-/m1/s1. The quantitative estimate of drug-likeness (QED) is 0.491. The van der Waals surface area contributed by atoms with E-state index in [9.17, 15) is 27.1 Å². The molecule has 2 saturated heterocycles. The van der Waals surface area contributed by atoms with E-state index in [1.807, 2.05) is 13.1 Å². The zero-order chi connectivity index (χ0) is 27.9. The number of aliphatic hydroxyl groups is 1. The molecule has 10 nitrogen and oxygen atoms in total. The molecule has 4 heterocycles. The van der Waals surface area contributed by atoms with Gasteiger partial charge in [-0.05, 0) is 58.6 Å². The van der Waals surface area contributed by atoms with Crippen molar-refractivity contribution in [3.63, 3.8) is 0 Å². The number of nitrogens with zero attached hydrogens (tertiary/aromatic N) is 5. The number of hydrogen-bond acceptors (Lipinski definition) is 8. The van der Waals surface area contributed by atoms with Crippen molar-refractivity contribution in [2.45, 2.75) is 69.6 Å². The Morgan fingerprint density at radius 3 is 2.62 bits per heavy atom. The summed E-state index contributed by atoms with van der Waals surface area (Å²) in [6.45, 7) is 4.10. The molecule has 2 aromatic heterocycles. The summed E-state index contributed by atoms with van der Waals surface area (Å²) in [4.78, 5) is 24.1. The number of halogens is 2. The fourth-order valence-electron chi connectivity index (χ4n) is 5.99. The van der Waals surface area contributed by atoms with Crippen molar-refractivity contribution in [1.82, 2.24) is 23.7 Å². The maximum atomic E-state index is 13.7. The fourth-order valence-corrected chi connectivity index (χ4v) is 7.41. The van der Waals surface area contributed by atoms with Crippen LogP contribution in [0.1, 0.15) is 63.5 Å². The molecular weight excluding hydrogens is 530 g/mol. The van der Waals surface area contributed by atoms with Crippen LogP contribution in [-0.4, -0.2) is 87.9 Å². The van der Waals surface area contributed by atoms with Gasteiger partial charge in [0, 0.05) is 43.8 Å². The third-order valence-corrected chi connectivity index (χ3v) is 10.0. The molecule has 0 bridgehead atoms. The minimum absolute atomic E-state index is 0.00509. The van der Waals surface area contributed by atoms with Crippen molar-refractivity contribution in [3.05, 3.63) is 39.8 Å². The molecule has 13 heteroatoms. The van der Waals surface area contributed by atoms with Gasteiger partial charge in [0.1, 0.15) is 5.65 Å². The van der Waals surface area contributed by atoms with Crippen LogP contribution in [0.25, 0.3) is 11.0 Å². The number of piperidine rings is 1. The molecule has 2 N–H and O–H groups in total. The van der Waals surface area contributed by atoms with Crippen molar-refractivity contribution in [2.75, 3.05) is 44.3 Å². The van der Waals surface area contributed by atoms with Crippen molar-refractivity contribution in [3.8, 4) is 0 Å². The Morgan fingerprint density at radius 1 is 1.26 bits per heavy atom. The van der Waals surface area contributed by atoms with Gasteiger partial charge in [-0.25, -0.2) is 26.5 Å². The Morgan fingerprint density at radius 2 is 2.00 bits per heavy atom. The molecular formula is C26H36F2N6O4S. The monoisotopic (exact) mass is 566 g/mol. The Hall–Kier alpha value is -2.48. The number of hydrogen-bond donors (Lipinski definition) is 2. The molecule has 1 aliphatic carbocycles. The zero-order valence-corrected chi connectivity index (χ0v) is 23.1. The third kappa shape index (κ3) is 5.86. The first-order valence-electron chi connectivity index (χ1n) is 13.5. The summed E-state index contributed by atoms with van der Waals surface area (Å²) < 4.78 is 55.8. The van der Waals surface area contributed by atoms with Gasteiger partial charge >= 0.3 is 0 Å². The number of sulfonamides is 1. The van der Waals surface area contributed by atoms with Gasteiger partial charge in [0.2, 0.25) is 16.0 Å². The van der Waals surface area contributed by atoms with E-state index in [1.54, 1.807) is 6.92 Å². The highest BCUT2D eigenvalue weighted by molar-refractivity contribution is 7.89. The predicted octanol–water partition coefficient (Wildman–Crippen LogP) is 2.67. The molecule has 5 rings (SSSR count). The second-order valence-electron chi connectivity index (χ2n) is 11.3. The maximum absolute atomic E-state index is 13.7. The highest BCUT2D eigenvalue weighted by atomic mass is 32.2. The first-order valence-corrected chi connectivity index (χ1v) is 15.1. The number of alkyl halides is 2. The second kappa shape index (κ2) is 10.8. The van der Waals surface area contributed by atoms with Crippen LogP contribution in [0, 0.1) is 0 Å². The van der Waals surface area contributed by atoms with Crippen LogP contribution in [0.5, 0.6) is 0 Å². The summed E-state index contributed by atoms with van der Waals surface area (Å²) in [5.41, 5.74) is -1.37. The number of fused-ring (bicyclic) bond motifs is 1. The van der Waals surface area contributed by atoms with Gasteiger partial charge in [-0.15, -0.1) is 0 Å². The van der Waals surface area contributed by atoms with Crippen LogP contribution in [0.15, 0.2) is 28.7 Å². The molecule has 2 aliphatic heterocycles. The molecule has 3 aliphatic rings.